The second kappa shape index (κ2) is 6.48. The zero-order valence-corrected chi connectivity index (χ0v) is 12.5. The normalized spacial score (nSPS) is 17.6. The molecule has 1 amide bonds. The smallest absolute Gasteiger partial charge is 0.260 e. The van der Waals surface area contributed by atoms with Gasteiger partial charge in [0.25, 0.3) is 5.91 Å². The minimum absolute atomic E-state index is 0.112. The van der Waals surface area contributed by atoms with Crippen molar-refractivity contribution in [3.8, 4) is 5.75 Å². The summed E-state index contributed by atoms with van der Waals surface area (Å²) in [4.78, 5) is 14.4. The topological polar surface area (TPSA) is 55.6 Å². The van der Waals surface area contributed by atoms with Gasteiger partial charge in [0.1, 0.15) is 5.75 Å². The van der Waals surface area contributed by atoms with Crippen LogP contribution in [0.25, 0.3) is 0 Å². The fourth-order valence-corrected chi connectivity index (χ4v) is 2.55. The molecule has 0 bridgehead atoms. The number of nitrogens with two attached hydrogens (primary N) is 1. The Kier molecular flexibility index (Phi) is 4.44. The van der Waals surface area contributed by atoms with Gasteiger partial charge in [-0.2, -0.15) is 0 Å². The summed E-state index contributed by atoms with van der Waals surface area (Å²) in [6.07, 6.45) is 5.08. The second-order valence-electron chi connectivity index (χ2n) is 6.29. The van der Waals surface area contributed by atoms with Crippen LogP contribution in [0.4, 0.5) is 0 Å². The predicted octanol–water partition coefficient (Wildman–Crippen LogP) is 2.17. The van der Waals surface area contributed by atoms with Crippen LogP contribution in [0.3, 0.4) is 0 Å². The van der Waals surface area contributed by atoms with E-state index in [-0.39, 0.29) is 12.5 Å². The number of amides is 1. The molecule has 4 nitrogen and oxygen atoms in total. The molecule has 0 aliphatic heterocycles. The van der Waals surface area contributed by atoms with E-state index in [0.29, 0.717) is 6.54 Å². The zero-order valence-electron chi connectivity index (χ0n) is 12.5. The molecule has 114 valence electrons. The highest BCUT2D eigenvalue weighted by molar-refractivity contribution is 5.78. The number of ether oxygens (including phenoxy) is 1. The van der Waals surface area contributed by atoms with Gasteiger partial charge in [-0.1, -0.05) is 18.2 Å². The fourth-order valence-electron chi connectivity index (χ4n) is 2.55. The van der Waals surface area contributed by atoms with Gasteiger partial charge < -0.3 is 15.4 Å². The Labute approximate surface area is 126 Å². The van der Waals surface area contributed by atoms with Gasteiger partial charge in [0.05, 0.1) is 0 Å². The summed E-state index contributed by atoms with van der Waals surface area (Å²) in [7, 11) is 0. The summed E-state index contributed by atoms with van der Waals surface area (Å²) >= 11 is 0. The third-order valence-electron chi connectivity index (χ3n) is 4.25. The molecule has 0 radical (unpaired) electrons. The average Bonchev–Trinajstić information content (AvgIpc) is 3.40. The van der Waals surface area contributed by atoms with E-state index in [2.05, 4.69) is 0 Å². The molecular weight excluding hydrogens is 264 g/mol. The van der Waals surface area contributed by atoms with Gasteiger partial charge in [-0.25, -0.2) is 0 Å². The van der Waals surface area contributed by atoms with E-state index in [9.17, 15) is 4.79 Å². The molecule has 2 aliphatic rings. The molecule has 2 saturated carbocycles. The Morgan fingerprint density at radius 3 is 2.33 bits per heavy atom. The van der Waals surface area contributed by atoms with E-state index < -0.39 is 0 Å². The first-order valence-electron chi connectivity index (χ1n) is 7.95. The number of hydrogen-bond donors (Lipinski definition) is 1. The van der Waals surface area contributed by atoms with Crippen LogP contribution in [0.2, 0.25) is 0 Å². The molecule has 1 aromatic carbocycles. The Bertz CT molecular complexity index is 481. The van der Waals surface area contributed by atoms with Crippen LogP contribution in [0.15, 0.2) is 24.3 Å². The predicted molar refractivity (Wildman–Crippen MR) is 81.9 cm³/mol. The van der Waals surface area contributed by atoms with E-state index >= 15 is 0 Å². The SMILES string of the molecule is NCc1ccccc1OCC(=O)N(CC1CC1)CC1CC1. The molecule has 2 fully saturated rings. The number of para-hydroxylation sites is 1. The molecule has 0 saturated heterocycles. The third kappa shape index (κ3) is 4.21. The summed E-state index contributed by atoms with van der Waals surface area (Å²) < 4.78 is 5.70. The van der Waals surface area contributed by atoms with Crippen molar-refractivity contribution in [2.75, 3.05) is 19.7 Å². The van der Waals surface area contributed by atoms with Gasteiger partial charge in [-0.05, 0) is 43.6 Å². The number of hydrogen-bond acceptors (Lipinski definition) is 3. The van der Waals surface area contributed by atoms with Crippen molar-refractivity contribution in [1.82, 2.24) is 4.90 Å². The molecule has 0 atom stereocenters. The maximum absolute atomic E-state index is 12.4. The minimum Gasteiger partial charge on any atom is -0.483 e. The first kappa shape index (κ1) is 14.4. The Morgan fingerprint density at radius 2 is 1.76 bits per heavy atom. The standard InChI is InChI=1S/C17H24N2O2/c18-9-15-3-1-2-4-16(15)21-12-17(20)19(10-13-5-6-13)11-14-7-8-14/h1-4,13-14H,5-12,18H2. The van der Waals surface area contributed by atoms with Gasteiger partial charge >= 0.3 is 0 Å². The summed E-state index contributed by atoms with van der Waals surface area (Å²) in [6, 6.07) is 7.65. The number of benzene rings is 1. The van der Waals surface area contributed by atoms with Crippen molar-refractivity contribution in [1.29, 1.82) is 0 Å². The highest BCUT2D eigenvalue weighted by Gasteiger charge is 2.31. The van der Waals surface area contributed by atoms with Crippen LogP contribution in [0.1, 0.15) is 31.2 Å². The molecule has 1 aromatic rings. The van der Waals surface area contributed by atoms with Crippen LogP contribution in [0, 0.1) is 11.8 Å². The maximum Gasteiger partial charge on any atom is 0.260 e. The monoisotopic (exact) mass is 288 g/mol. The third-order valence-corrected chi connectivity index (χ3v) is 4.25. The lowest BCUT2D eigenvalue weighted by Gasteiger charge is -2.23. The lowest BCUT2D eigenvalue weighted by molar-refractivity contribution is -0.133. The molecule has 21 heavy (non-hydrogen) atoms. The molecule has 3 rings (SSSR count). The van der Waals surface area contributed by atoms with Crippen molar-refractivity contribution in [2.24, 2.45) is 17.6 Å². The van der Waals surface area contributed by atoms with Gasteiger partial charge in [0, 0.05) is 25.2 Å². The highest BCUT2D eigenvalue weighted by Crippen LogP contribution is 2.33. The molecular formula is C17H24N2O2. The van der Waals surface area contributed by atoms with Crippen LogP contribution < -0.4 is 10.5 Å². The van der Waals surface area contributed by atoms with Gasteiger partial charge in [0.2, 0.25) is 0 Å². The van der Waals surface area contributed by atoms with Crippen LogP contribution in [-0.2, 0) is 11.3 Å². The lowest BCUT2D eigenvalue weighted by Crippen LogP contribution is -2.38. The van der Waals surface area contributed by atoms with Crippen LogP contribution in [-0.4, -0.2) is 30.5 Å². The summed E-state index contributed by atoms with van der Waals surface area (Å²) in [5.74, 6) is 2.29. The number of rotatable bonds is 8. The van der Waals surface area contributed by atoms with E-state index in [1.807, 2.05) is 29.2 Å². The van der Waals surface area contributed by atoms with Crippen LogP contribution in [0.5, 0.6) is 5.75 Å². The van der Waals surface area contributed by atoms with Crippen molar-refractivity contribution in [2.45, 2.75) is 32.2 Å². The second-order valence-corrected chi connectivity index (χ2v) is 6.29. The Hall–Kier alpha value is -1.55. The quantitative estimate of drug-likeness (QED) is 0.797. The minimum atomic E-state index is 0.112. The summed E-state index contributed by atoms with van der Waals surface area (Å²) in [6.45, 7) is 2.38. The maximum atomic E-state index is 12.4. The van der Waals surface area contributed by atoms with Crippen molar-refractivity contribution < 1.29 is 9.53 Å². The molecule has 0 unspecified atom stereocenters. The highest BCUT2D eigenvalue weighted by atomic mass is 16.5. The van der Waals surface area contributed by atoms with E-state index in [1.54, 1.807) is 0 Å². The number of carbonyl (C=O) groups is 1. The lowest BCUT2D eigenvalue weighted by atomic mass is 10.2. The summed E-state index contributed by atoms with van der Waals surface area (Å²) in [5, 5.41) is 0. The van der Waals surface area contributed by atoms with E-state index in [1.165, 1.54) is 25.7 Å². The largest absolute Gasteiger partial charge is 0.483 e. The van der Waals surface area contributed by atoms with Gasteiger partial charge in [-0.15, -0.1) is 0 Å². The number of carbonyl (C=O) groups excluding carboxylic acids is 1. The molecule has 2 N–H and O–H groups in total. The fraction of sp³-hybridized carbons (Fsp3) is 0.588. The Morgan fingerprint density at radius 1 is 1.14 bits per heavy atom. The van der Waals surface area contributed by atoms with Crippen molar-refractivity contribution in [3.05, 3.63) is 29.8 Å². The van der Waals surface area contributed by atoms with Gasteiger partial charge in [0.15, 0.2) is 6.61 Å². The van der Waals surface area contributed by atoms with E-state index in [4.69, 9.17) is 10.5 Å². The molecule has 2 aliphatic carbocycles. The van der Waals surface area contributed by atoms with Crippen molar-refractivity contribution in [3.63, 3.8) is 0 Å². The summed E-state index contributed by atoms with van der Waals surface area (Å²) in [5.41, 5.74) is 6.64. The van der Waals surface area contributed by atoms with E-state index in [0.717, 1.165) is 36.2 Å². The van der Waals surface area contributed by atoms with Crippen LogP contribution >= 0.6 is 0 Å². The Balaban J connectivity index is 1.55. The zero-order chi connectivity index (χ0) is 14.7. The van der Waals surface area contributed by atoms with Gasteiger partial charge in [-0.3, -0.25) is 4.79 Å². The molecule has 0 spiro atoms. The van der Waals surface area contributed by atoms with Crippen molar-refractivity contribution >= 4 is 5.91 Å². The average molecular weight is 288 g/mol. The number of nitrogens with zero attached hydrogens (tertiary/aromatic N) is 1. The molecule has 4 heteroatoms. The molecule has 0 aromatic heterocycles. The molecule has 0 heterocycles. The first-order chi connectivity index (χ1) is 10.3. The first-order valence-corrected chi connectivity index (χ1v) is 7.95.